The first-order chi connectivity index (χ1) is 10.7. The van der Waals surface area contributed by atoms with E-state index in [0.717, 1.165) is 33.1 Å². The molecule has 3 rings (SSSR count). The van der Waals surface area contributed by atoms with Gasteiger partial charge in [-0.2, -0.15) is 0 Å². The maximum Gasteiger partial charge on any atom is 0.275 e. The molecule has 2 heterocycles. The molecule has 0 bridgehead atoms. The number of amides is 1. The Morgan fingerprint density at radius 1 is 1.23 bits per heavy atom. The van der Waals surface area contributed by atoms with Crippen molar-refractivity contribution in [2.24, 2.45) is 0 Å². The minimum atomic E-state index is -0.150. The van der Waals surface area contributed by atoms with Crippen LogP contribution in [0.5, 0.6) is 0 Å². The first-order valence-corrected chi connectivity index (χ1v) is 8.84. The van der Waals surface area contributed by atoms with Gasteiger partial charge in [-0.3, -0.25) is 4.79 Å². The van der Waals surface area contributed by atoms with Crippen molar-refractivity contribution in [3.63, 3.8) is 0 Å². The quantitative estimate of drug-likeness (QED) is 0.732. The van der Waals surface area contributed by atoms with Gasteiger partial charge in [0.2, 0.25) is 0 Å². The molecule has 0 fully saturated rings. The van der Waals surface area contributed by atoms with Crippen molar-refractivity contribution in [3.05, 3.63) is 57.9 Å². The van der Waals surface area contributed by atoms with Crippen LogP contribution in [-0.4, -0.2) is 10.9 Å². The summed E-state index contributed by atoms with van der Waals surface area (Å²) in [4.78, 5) is 18.0. The van der Waals surface area contributed by atoms with Gasteiger partial charge in [0.25, 0.3) is 5.91 Å². The van der Waals surface area contributed by atoms with E-state index in [9.17, 15) is 4.79 Å². The van der Waals surface area contributed by atoms with Crippen LogP contribution in [0.1, 0.15) is 28.5 Å². The molecule has 0 unspecified atom stereocenters. The lowest BCUT2D eigenvalue weighted by molar-refractivity contribution is 0.102. The molecule has 22 heavy (non-hydrogen) atoms. The second-order valence-corrected chi connectivity index (χ2v) is 6.74. The van der Waals surface area contributed by atoms with Crippen molar-refractivity contribution >= 4 is 34.3 Å². The van der Waals surface area contributed by atoms with E-state index in [1.807, 2.05) is 48.0 Å². The highest BCUT2D eigenvalue weighted by molar-refractivity contribution is 7.20. The van der Waals surface area contributed by atoms with Crippen LogP contribution in [0.25, 0.3) is 9.88 Å². The highest BCUT2D eigenvalue weighted by atomic mass is 32.1. The lowest BCUT2D eigenvalue weighted by Gasteiger charge is -2.11. The fourth-order valence-corrected chi connectivity index (χ4v) is 3.89. The van der Waals surface area contributed by atoms with E-state index < -0.39 is 0 Å². The molecule has 1 N–H and O–H groups in total. The molecule has 3 nitrogen and oxygen atoms in total. The molecule has 0 radical (unpaired) electrons. The van der Waals surface area contributed by atoms with E-state index in [0.29, 0.717) is 5.69 Å². The second-order valence-electron chi connectivity index (χ2n) is 4.93. The molecule has 0 saturated heterocycles. The molecule has 0 aliphatic rings. The average molecular weight is 328 g/mol. The lowest BCUT2D eigenvalue weighted by Crippen LogP contribution is -2.14. The topological polar surface area (TPSA) is 42.0 Å². The summed E-state index contributed by atoms with van der Waals surface area (Å²) in [6.45, 7) is 4.09. The third kappa shape index (κ3) is 2.96. The van der Waals surface area contributed by atoms with E-state index >= 15 is 0 Å². The molecule has 0 aliphatic heterocycles. The Morgan fingerprint density at radius 2 is 2.09 bits per heavy atom. The van der Waals surface area contributed by atoms with Crippen molar-refractivity contribution in [1.29, 1.82) is 0 Å². The minimum Gasteiger partial charge on any atom is -0.320 e. The van der Waals surface area contributed by atoms with Gasteiger partial charge >= 0.3 is 0 Å². The van der Waals surface area contributed by atoms with Gasteiger partial charge in [0.1, 0.15) is 10.7 Å². The number of nitrogens with zero attached hydrogens (tertiary/aromatic N) is 1. The number of anilines is 1. The fraction of sp³-hybridized carbons (Fsp3) is 0.176. The van der Waals surface area contributed by atoms with Gasteiger partial charge in [-0.25, -0.2) is 4.98 Å². The van der Waals surface area contributed by atoms with Crippen LogP contribution < -0.4 is 5.32 Å². The Balaban J connectivity index is 1.84. The zero-order valence-corrected chi connectivity index (χ0v) is 14.1. The number of nitrogens with one attached hydrogen (secondary N) is 1. The van der Waals surface area contributed by atoms with Gasteiger partial charge in [0, 0.05) is 11.1 Å². The zero-order chi connectivity index (χ0) is 15.5. The van der Waals surface area contributed by atoms with E-state index in [2.05, 4.69) is 17.2 Å². The van der Waals surface area contributed by atoms with Crippen molar-refractivity contribution in [1.82, 2.24) is 4.98 Å². The number of aryl methyl sites for hydroxylation is 2. The standard InChI is InChI=1S/C17H16N2OS2/c1-3-12-7-4-6-11(2)15(12)19-16(20)13-10-22-17(18-13)14-8-5-9-21-14/h4-10H,3H2,1-2H3,(H,19,20). The second kappa shape index (κ2) is 6.42. The Morgan fingerprint density at radius 3 is 2.82 bits per heavy atom. The van der Waals surface area contributed by atoms with Crippen LogP contribution in [-0.2, 0) is 6.42 Å². The molecule has 3 aromatic rings. The van der Waals surface area contributed by atoms with Crippen molar-refractivity contribution in [3.8, 4) is 9.88 Å². The third-order valence-electron chi connectivity index (χ3n) is 3.45. The van der Waals surface area contributed by atoms with Crippen LogP contribution in [0.3, 0.4) is 0 Å². The maximum atomic E-state index is 12.5. The van der Waals surface area contributed by atoms with Crippen LogP contribution in [0.15, 0.2) is 41.1 Å². The summed E-state index contributed by atoms with van der Waals surface area (Å²) in [5.74, 6) is -0.150. The zero-order valence-electron chi connectivity index (χ0n) is 12.4. The number of hydrogen-bond donors (Lipinski definition) is 1. The molecule has 0 aliphatic carbocycles. The SMILES string of the molecule is CCc1cccc(C)c1NC(=O)c1csc(-c2cccs2)n1. The summed E-state index contributed by atoms with van der Waals surface area (Å²) in [6, 6.07) is 10.1. The lowest BCUT2D eigenvalue weighted by atomic mass is 10.1. The number of rotatable bonds is 4. The van der Waals surface area contributed by atoms with Crippen molar-refractivity contribution in [2.75, 3.05) is 5.32 Å². The monoisotopic (exact) mass is 328 g/mol. The largest absolute Gasteiger partial charge is 0.320 e. The van der Waals surface area contributed by atoms with Crippen LogP contribution in [0.4, 0.5) is 5.69 Å². The van der Waals surface area contributed by atoms with Gasteiger partial charge < -0.3 is 5.32 Å². The molecule has 0 spiro atoms. The highest BCUT2D eigenvalue weighted by Gasteiger charge is 2.14. The van der Waals surface area contributed by atoms with Gasteiger partial charge in [0.15, 0.2) is 0 Å². The minimum absolute atomic E-state index is 0.150. The van der Waals surface area contributed by atoms with Gasteiger partial charge in [-0.05, 0) is 35.9 Å². The first-order valence-electron chi connectivity index (χ1n) is 7.08. The summed E-state index contributed by atoms with van der Waals surface area (Å²) in [5.41, 5.74) is 3.59. The fourth-order valence-electron chi connectivity index (χ4n) is 2.27. The highest BCUT2D eigenvalue weighted by Crippen LogP contribution is 2.28. The maximum absolute atomic E-state index is 12.5. The Labute approximate surface area is 137 Å². The molecule has 1 amide bonds. The Bertz CT molecular complexity index is 791. The van der Waals surface area contributed by atoms with Crippen LogP contribution in [0.2, 0.25) is 0 Å². The predicted molar refractivity (Wildman–Crippen MR) is 93.9 cm³/mol. The molecule has 1 aromatic carbocycles. The molecular weight excluding hydrogens is 312 g/mol. The van der Waals surface area contributed by atoms with E-state index in [1.165, 1.54) is 11.3 Å². The Hall–Kier alpha value is -1.98. The average Bonchev–Trinajstić information content (AvgIpc) is 3.19. The third-order valence-corrected chi connectivity index (χ3v) is 5.33. The van der Waals surface area contributed by atoms with E-state index in [4.69, 9.17) is 0 Å². The number of benzene rings is 1. The summed E-state index contributed by atoms with van der Waals surface area (Å²) in [7, 11) is 0. The van der Waals surface area contributed by atoms with E-state index in [-0.39, 0.29) is 5.91 Å². The smallest absolute Gasteiger partial charge is 0.275 e. The summed E-state index contributed by atoms with van der Waals surface area (Å²) >= 11 is 3.13. The predicted octanol–water partition coefficient (Wildman–Crippen LogP) is 4.99. The van der Waals surface area contributed by atoms with E-state index in [1.54, 1.807) is 11.3 Å². The van der Waals surface area contributed by atoms with Crippen molar-refractivity contribution in [2.45, 2.75) is 20.3 Å². The number of para-hydroxylation sites is 1. The summed E-state index contributed by atoms with van der Waals surface area (Å²) < 4.78 is 0. The molecule has 5 heteroatoms. The molecule has 0 atom stereocenters. The van der Waals surface area contributed by atoms with Gasteiger partial charge in [-0.1, -0.05) is 31.2 Å². The Kier molecular flexibility index (Phi) is 4.36. The van der Waals surface area contributed by atoms with Crippen molar-refractivity contribution < 1.29 is 4.79 Å². The number of hydrogen-bond acceptors (Lipinski definition) is 4. The summed E-state index contributed by atoms with van der Waals surface area (Å²) in [6.07, 6.45) is 0.884. The number of thiophene rings is 1. The molecular formula is C17H16N2OS2. The van der Waals surface area contributed by atoms with Crippen LogP contribution >= 0.6 is 22.7 Å². The van der Waals surface area contributed by atoms with Gasteiger partial charge in [-0.15, -0.1) is 22.7 Å². The number of carbonyl (C=O) groups excluding carboxylic acids is 1. The molecule has 0 saturated carbocycles. The van der Waals surface area contributed by atoms with Gasteiger partial charge in [0.05, 0.1) is 4.88 Å². The summed E-state index contributed by atoms with van der Waals surface area (Å²) in [5, 5.41) is 7.73. The molecule has 112 valence electrons. The van der Waals surface area contributed by atoms with Crippen LogP contribution in [0, 0.1) is 6.92 Å². The normalized spacial score (nSPS) is 10.6. The first kappa shape index (κ1) is 14.9. The number of aromatic nitrogens is 1. The number of thiazole rings is 1. The number of carbonyl (C=O) groups is 1. The molecule has 2 aromatic heterocycles.